The number of anilines is 2. The van der Waals surface area contributed by atoms with E-state index < -0.39 is 11.7 Å². The van der Waals surface area contributed by atoms with E-state index in [0.29, 0.717) is 12.1 Å². The second-order valence-electron chi connectivity index (χ2n) is 7.44. The van der Waals surface area contributed by atoms with Crippen LogP contribution in [0, 0.1) is 5.41 Å². The van der Waals surface area contributed by atoms with E-state index in [4.69, 9.17) is 4.74 Å². The predicted molar refractivity (Wildman–Crippen MR) is 88.1 cm³/mol. The fraction of sp³-hybridized carbons (Fsp3) is 0.588. The molecule has 0 aromatic heterocycles. The van der Waals surface area contributed by atoms with Gasteiger partial charge >= 0.3 is 6.09 Å². The van der Waals surface area contributed by atoms with Gasteiger partial charge in [0, 0.05) is 11.5 Å². The molecule has 0 saturated heterocycles. The van der Waals surface area contributed by atoms with Crippen LogP contribution in [0.25, 0.3) is 0 Å². The monoisotopic (exact) mass is 306 g/mol. The van der Waals surface area contributed by atoms with Gasteiger partial charge in [-0.1, -0.05) is 26.0 Å². The summed E-state index contributed by atoms with van der Waals surface area (Å²) in [6.07, 6.45) is -0.0704. The number of benzene rings is 1. The molecule has 1 aliphatic carbocycles. The topological polar surface area (TPSA) is 70.6 Å². The zero-order chi connectivity index (χ0) is 16.5. The Balaban J connectivity index is 2.06. The van der Waals surface area contributed by atoms with Crippen LogP contribution in [0.4, 0.5) is 16.2 Å². The highest BCUT2D eigenvalue weighted by Gasteiger charge is 2.47. The highest BCUT2D eigenvalue weighted by Crippen LogP contribution is 2.43. The predicted octanol–water partition coefficient (Wildman–Crippen LogP) is 3.60. The van der Waals surface area contributed by atoms with Crippen LogP contribution < -0.4 is 10.6 Å². The number of ether oxygens (including phenoxy) is 1. The van der Waals surface area contributed by atoms with E-state index in [1.165, 1.54) is 0 Å². The fourth-order valence-electron chi connectivity index (χ4n) is 2.47. The van der Waals surface area contributed by atoms with E-state index in [0.717, 1.165) is 5.69 Å². The average Bonchev–Trinajstić information content (AvgIpc) is 2.38. The summed E-state index contributed by atoms with van der Waals surface area (Å²) in [6.45, 7) is 9.55. The Kier molecular flexibility index (Phi) is 4.38. The first-order valence-electron chi connectivity index (χ1n) is 7.63. The number of hydrogen-bond donors (Lipinski definition) is 3. The van der Waals surface area contributed by atoms with Gasteiger partial charge in [0.05, 0.1) is 17.5 Å². The fourth-order valence-corrected chi connectivity index (χ4v) is 2.47. The van der Waals surface area contributed by atoms with Crippen molar-refractivity contribution in [2.45, 2.75) is 58.8 Å². The summed E-state index contributed by atoms with van der Waals surface area (Å²) in [5.41, 5.74) is 0.790. The first-order chi connectivity index (χ1) is 10.1. The largest absolute Gasteiger partial charge is 0.444 e. The minimum absolute atomic E-state index is 0.170. The molecule has 1 amide bonds. The molecule has 1 aromatic carbocycles. The van der Waals surface area contributed by atoms with Gasteiger partial charge in [0.25, 0.3) is 0 Å². The maximum absolute atomic E-state index is 11.9. The third-order valence-electron chi connectivity index (χ3n) is 4.11. The van der Waals surface area contributed by atoms with E-state index in [1.54, 1.807) is 0 Å². The highest BCUT2D eigenvalue weighted by atomic mass is 16.6. The molecule has 2 atom stereocenters. The Morgan fingerprint density at radius 3 is 2.36 bits per heavy atom. The van der Waals surface area contributed by atoms with Crippen LogP contribution in [0.1, 0.15) is 41.0 Å². The molecule has 0 bridgehead atoms. The van der Waals surface area contributed by atoms with Gasteiger partial charge in [-0.05, 0) is 39.3 Å². The third-order valence-corrected chi connectivity index (χ3v) is 4.11. The lowest BCUT2D eigenvalue weighted by atomic mass is 9.64. The van der Waals surface area contributed by atoms with Crippen molar-refractivity contribution in [3.8, 4) is 0 Å². The van der Waals surface area contributed by atoms with Crippen LogP contribution in [-0.4, -0.2) is 28.9 Å². The Bertz CT molecular complexity index is 549. The summed E-state index contributed by atoms with van der Waals surface area (Å²) >= 11 is 0. The van der Waals surface area contributed by atoms with Gasteiger partial charge in [-0.25, -0.2) is 4.79 Å². The second-order valence-corrected chi connectivity index (χ2v) is 7.44. The number of aliphatic hydroxyl groups excluding tert-OH is 1. The summed E-state index contributed by atoms with van der Waals surface area (Å²) < 4.78 is 5.28. The van der Waals surface area contributed by atoms with Crippen molar-refractivity contribution >= 4 is 17.5 Å². The lowest BCUT2D eigenvalue weighted by molar-refractivity contribution is -0.0510. The zero-order valence-corrected chi connectivity index (χ0v) is 13.9. The van der Waals surface area contributed by atoms with Crippen LogP contribution in [0.3, 0.4) is 0 Å². The van der Waals surface area contributed by atoms with Gasteiger partial charge in [0.2, 0.25) is 0 Å². The molecule has 2 unspecified atom stereocenters. The molecule has 2 rings (SSSR count). The van der Waals surface area contributed by atoms with E-state index in [-0.39, 0.29) is 17.6 Å². The normalized spacial score (nSPS) is 23.4. The Labute approximate surface area is 132 Å². The van der Waals surface area contributed by atoms with Crippen molar-refractivity contribution in [1.82, 2.24) is 0 Å². The van der Waals surface area contributed by atoms with E-state index in [2.05, 4.69) is 10.6 Å². The number of hydrogen-bond acceptors (Lipinski definition) is 4. The van der Waals surface area contributed by atoms with Gasteiger partial charge < -0.3 is 15.2 Å². The molecule has 5 nitrogen and oxygen atoms in total. The summed E-state index contributed by atoms with van der Waals surface area (Å²) in [7, 11) is 0. The zero-order valence-electron chi connectivity index (χ0n) is 13.9. The number of para-hydroxylation sites is 2. The standard InChI is InChI=1S/C17H26N2O3/c1-16(2,3)22-15(21)19-12-9-7-6-8-11(12)18-13-10-14(20)17(13,4)5/h6-9,13-14,18,20H,10H2,1-5H3,(H,19,21). The molecule has 5 heteroatoms. The van der Waals surface area contributed by atoms with E-state index in [9.17, 15) is 9.90 Å². The molecule has 1 aliphatic rings. The molecular weight excluding hydrogens is 280 g/mol. The summed E-state index contributed by atoms with van der Waals surface area (Å²) in [6, 6.07) is 7.68. The van der Waals surface area contributed by atoms with Crippen LogP contribution >= 0.6 is 0 Å². The Morgan fingerprint density at radius 2 is 1.86 bits per heavy atom. The lowest BCUT2D eigenvalue weighted by Crippen LogP contribution is -2.56. The molecule has 1 fully saturated rings. The van der Waals surface area contributed by atoms with E-state index in [1.807, 2.05) is 58.9 Å². The molecule has 1 saturated carbocycles. The third kappa shape index (κ3) is 3.71. The first-order valence-corrected chi connectivity index (χ1v) is 7.63. The van der Waals surface area contributed by atoms with Gasteiger partial charge in [0.1, 0.15) is 5.60 Å². The Hall–Kier alpha value is -1.75. The molecule has 122 valence electrons. The molecular formula is C17H26N2O3. The Morgan fingerprint density at radius 1 is 1.27 bits per heavy atom. The smallest absolute Gasteiger partial charge is 0.412 e. The van der Waals surface area contributed by atoms with Crippen LogP contribution in [-0.2, 0) is 4.74 Å². The second kappa shape index (κ2) is 5.80. The summed E-state index contributed by atoms with van der Waals surface area (Å²) in [4.78, 5) is 11.9. The van der Waals surface area contributed by atoms with Crippen molar-refractivity contribution in [1.29, 1.82) is 0 Å². The van der Waals surface area contributed by atoms with Crippen molar-refractivity contribution in [2.75, 3.05) is 10.6 Å². The summed E-state index contributed by atoms with van der Waals surface area (Å²) in [5, 5.41) is 16.0. The number of rotatable bonds is 3. The first kappa shape index (κ1) is 16.6. The van der Waals surface area contributed by atoms with Gasteiger partial charge in [-0.15, -0.1) is 0 Å². The number of carbonyl (C=O) groups is 1. The number of aliphatic hydroxyl groups is 1. The number of amides is 1. The van der Waals surface area contributed by atoms with Crippen molar-refractivity contribution in [2.24, 2.45) is 5.41 Å². The van der Waals surface area contributed by atoms with Crippen LogP contribution in [0.5, 0.6) is 0 Å². The van der Waals surface area contributed by atoms with Crippen LogP contribution in [0.15, 0.2) is 24.3 Å². The minimum Gasteiger partial charge on any atom is -0.444 e. The molecule has 3 N–H and O–H groups in total. The quantitative estimate of drug-likeness (QED) is 0.798. The minimum atomic E-state index is -0.535. The molecule has 0 spiro atoms. The van der Waals surface area contributed by atoms with Crippen LogP contribution in [0.2, 0.25) is 0 Å². The SMILES string of the molecule is CC(C)(C)OC(=O)Nc1ccccc1NC1CC(O)C1(C)C. The average molecular weight is 306 g/mol. The molecule has 0 aliphatic heterocycles. The highest BCUT2D eigenvalue weighted by molar-refractivity contribution is 5.89. The summed E-state index contributed by atoms with van der Waals surface area (Å²) in [5.74, 6) is 0. The van der Waals surface area contributed by atoms with Crippen molar-refractivity contribution in [3.05, 3.63) is 24.3 Å². The molecule has 0 heterocycles. The van der Waals surface area contributed by atoms with Crippen molar-refractivity contribution in [3.63, 3.8) is 0 Å². The van der Waals surface area contributed by atoms with E-state index >= 15 is 0 Å². The van der Waals surface area contributed by atoms with Gasteiger partial charge in [-0.3, -0.25) is 5.32 Å². The number of carbonyl (C=O) groups excluding carboxylic acids is 1. The van der Waals surface area contributed by atoms with Gasteiger partial charge in [0.15, 0.2) is 0 Å². The van der Waals surface area contributed by atoms with Crippen molar-refractivity contribution < 1.29 is 14.6 Å². The molecule has 1 aromatic rings. The molecule has 0 radical (unpaired) electrons. The lowest BCUT2D eigenvalue weighted by Gasteiger charge is -2.50. The van der Waals surface area contributed by atoms with Gasteiger partial charge in [-0.2, -0.15) is 0 Å². The molecule has 22 heavy (non-hydrogen) atoms. The maximum atomic E-state index is 11.9. The maximum Gasteiger partial charge on any atom is 0.412 e. The number of nitrogens with one attached hydrogen (secondary N) is 2.